The summed E-state index contributed by atoms with van der Waals surface area (Å²) in [5.74, 6) is 3.26. The van der Waals surface area contributed by atoms with Crippen molar-refractivity contribution in [1.29, 1.82) is 0 Å². The minimum absolute atomic E-state index is 0.0323. The van der Waals surface area contributed by atoms with Crippen LogP contribution in [0.25, 0.3) is 0 Å². The fourth-order valence-corrected chi connectivity index (χ4v) is 9.15. The van der Waals surface area contributed by atoms with Crippen LogP contribution in [0.1, 0.15) is 92.4 Å². The second-order valence-electron chi connectivity index (χ2n) is 12.4. The van der Waals surface area contributed by atoms with Crippen molar-refractivity contribution in [2.45, 2.75) is 110 Å². The van der Waals surface area contributed by atoms with Crippen molar-refractivity contribution < 1.29 is 14.6 Å². The van der Waals surface area contributed by atoms with E-state index in [1.165, 1.54) is 25.7 Å². The molecule has 1 spiro atoms. The van der Waals surface area contributed by atoms with E-state index in [-0.39, 0.29) is 28.6 Å². The van der Waals surface area contributed by atoms with Crippen LogP contribution in [-0.4, -0.2) is 28.7 Å². The average molecular weight is 415 g/mol. The van der Waals surface area contributed by atoms with Gasteiger partial charge in [0, 0.05) is 11.8 Å². The van der Waals surface area contributed by atoms with Crippen LogP contribution in [0.3, 0.4) is 0 Å². The lowest BCUT2D eigenvalue weighted by atomic mass is 9.43. The standard InChI is InChI=1S/C27H42O3/c1-16(2)7-6-8-17(3)19-9-10-20-18-11-14-27-24(30-27)21(28)12-13-26(27,5)23(18)22(29)15-25(19,20)4/h8,16,18-20,22-24,29H,6-7,9-15H2,1-5H3/b17-8+. The molecule has 0 amide bonds. The molecule has 9 atom stereocenters. The predicted molar refractivity (Wildman–Crippen MR) is 119 cm³/mol. The SMILES string of the molecule is C/C(=C\CCC(C)C)C1CCC2C3CCC45OC4C(=O)CCC5(C)C3C(O)CC12C. The molecule has 4 saturated carbocycles. The fraction of sp³-hybridized carbons (Fsp3) is 0.889. The van der Waals surface area contributed by atoms with Crippen molar-refractivity contribution in [3.63, 3.8) is 0 Å². The van der Waals surface area contributed by atoms with Gasteiger partial charge in [-0.15, -0.1) is 0 Å². The molecule has 4 aliphatic carbocycles. The van der Waals surface area contributed by atoms with Crippen molar-refractivity contribution in [1.82, 2.24) is 0 Å². The molecule has 5 rings (SSSR count). The van der Waals surface area contributed by atoms with Crippen LogP contribution in [0.2, 0.25) is 0 Å². The molecule has 30 heavy (non-hydrogen) atoms. The first-order valence-electron chi connectivity index (χ1n) is 12.7. The van der Waals surface area contributed by atoms with Crippen LogP contribution < -0.4 is 0 Å². The molecule has 9 unspecified atom stereocenters. The van der Waals surface area contributed by atoms with E-state index in [9.17, 15) is 9.90 Å². The molecule has 168 valence electrons. The van der Waals surface area contributed by atoms with E-state index < -0.39 is 0 Å². The van der Waals surface area contributed by atoms with Gasteiger partial charge in [-0.25, -0.2) is 0 Å². The highest BCUT2D eigenvalue weighted by atomic mass is 16.6. The number of hydrogen-bond acceptors (Lipinski definition) is 3. The number of hydrogen-bond donors (Lipinski definition) is 1. The summed E-state index contributed by atoms with van der Waals surface area (Å²) in [7, 11) is 0. The van der Waals surface area contributed by atoms with Gasteiger partial charge in [-0.2, -0.15) is 0 Å². The fourth-order valence-electron chi connectivity index (χ4n) is 9.15. The van der Waals surface area contributed by atoms with E-state index in [0.29, 0.717) is 35.9 Å². The van der Waals surface area contributed by atoms with E-state index in [1.54, 1.807) is 5.57 Å². The van der Waals surface area contributed by atoms with Gasteiger partial charge in [-0.3, -0.25) is 4.79 Å². The Morgan fingerprint density at radius 1 is 1.23 bits per heavy atom. The summed E-state index contributed by atoms with van der Waals surface area (Å²) in [4.78, 5) is 12.4. The maximum atomic E-state index is 12.4. The van der Waals surface area contributed by atoms with Gasteiger partial charge >= 0.3 is 0 Å². The third-order valence-corrected chi connectivity index (χ3v) is 10.6. The second-order valence-corrected chi connectivity index (χ2v) is 12.4. The molecule has 0 aromatic heterocycles. The highest BCUT2D eigenvalue weighted by Crippen LogP contribution is 2.73. The van der Waals surface area contributed by atoms with Crippen molar-refractivity contribution in [2.24, 2.45) is 40.4 Å². The molecule has 0 aromatic carbocycles. The van der Waals surface area contributed by atoms with Gasteiger partial charge in [0.25, 0.3) is 0 Å². The summed E-state index contributed by atoms with van der Waals surface area (Å²) in [6, 6.07) is 0. The van der Waals surface area contributed by atoms with Gasteiger partial charge in [0.15, 0.2) is 5.78 Å². The predicted octanol–water partition coefficient (Wildman–Crippen LogP) is 5.70. The Hall–Kier alpha value is -0.670. The molecule has 0 radical (unpaired) electrons. The molecule has 1 saturated heterocycles. The van der Waals surface area contributed by atoms with Crippen LogP contribution in [0.15, 0.2) is 11.6 Å². The topological polar surface area (TPSA) is 49.8 Å². The average Bonchev–Trinajstić information content (AvgIpc) is 3.32. The maximum Gasteiger partial charge on any atom is 0.164 e. The van der Waals surface area contributed by atoms with Gasteiger partial charge in [-0.05, 0) is 93.3 Å². The highest BCUT2D eigenvalue weighted by Gasteiger charge is 2.77. The molecule has 1 aliphatic heterocycles. The number of carbonyl (C=O) groups is 1. The van der Waals surface area contributed by atoms with E-state index in [2.05, 4.69) is 40.7 Å². The van der Waals surface area contributed by atoms with Crippen LogP contribution >= 0.6 is 0 Å². The molecular formula is C27H42O3. The first-order chi connectivity index (χ1) is 14.1. The largest absolute Gasteiger partial charge is 0.393 e. The number of allylic oxidation sites excluding steroid dienone is 2. The second kappa shape index (κ2) is 6.91. The van der Waals surface area contributed by atoms with Gasteiger partial charge in [0.1, 0.15) is 11.7 Å². The van der Waals surface area contributed by atoms with Crippen LogP contribution in [0, 0.1) is 40.4 Å². The molecule has 0 aromatic rings. The Labute approximate surface area is 183 Å². The van der Waals surface area contributed by atoms with Crippen molar-refractivity contribution in [3.05, 3.63) is 11.6 Å². The van der Waals surface area contributed by atoms with Gasteiger partial charge in [0.2, 0.25) is 0 Å². The van der Waals surface area contributed by atoms with E-state index in [0.717, 1.165) is 31.6 Å². The Morgan fingerprint density at radius 3 is 2.73 bits per heavy atom. The normalized spacial score (nSPS) is 52.5. The van der Waals surface area contributed by atoms with Gasteiger partial charge in [0.05, 0.1) is 6.10 Å². The molecule has 3 heteroatoms. The van der Waals surface area contributed by atoms with E-state index >= 15 is 0 Å². The number of aliphatic hydroxyl groups is 1. The number of ether oxygens (including phenoxy) is 1. The molecule has 0 bridgehead atoms. The molecule has 5 fully saturated rings. The lowest BCUT2D eigenvalue weighted by molar-refractivity contribution is -0.168. The zero-order valence-electron chi connectivity index (χ0n) is 19.7. The summed E-state index contributed by atoms with van der Waals surface area (Å²) in [6.07, 6.45) is 11.7. The summed E-state index contributed by atoms with van der Waals surface area (Å²) in [6.45, 7) is 11.8. The first-order valence-corrected chi connectivity index (χ1v) is 12.7. The zero-order chi connectivity index (χ0) is 21.5. The Bertz CT molecular complexity index is 755. The minimum Gasteiger partial charge on any atom is -0.393 e. The summed E-state index contributed by atoms with van der Waals surface area (Å²) >= 11 is 0. The number of fused-ring (bicyclic) bond motifs is 4. The van der Waals surface area contributed by atoms with Gasteiger partial charge in [-0.1, -0.05) is 39.3 Å². The zero-order valence-corrected chi connectivity index (χ0v) is 19.7. The minimum atomic E-state index is -0.263. The van der Waals surface area contributed by atoms with Crippen LogP contribution in [-0.2, 0) is 9.53 Å². The number of epoxide rings is 1. The summed E-state index contributed by atoms with van der Waals surface area (Å²) in [5, 5.41) is 11.6. The van der Waals surface area contributed by atoms with Crippen molar-refractivity contribution >= 4 is 5.78 Å². The number of ketones is 1. The number of carbonyl (C=O) groups excluding carboxylic acids is 1. The van der Waals surface area contributed by atoms with Gasteiger partial charge < -0.3 is 9.84 Å². The first kappa shape index (κ1) is 21.2. The Morgan fingerprint density at radius 2 is 2.00 bits per heavy atom. The summed E-state index contributed by atoms with van der Waals surface area (Å²) in [5.41, 5.74) is 1.51. The Balaban J connectivity index is 1.40. The van der Waals surface area contributed by atoms with Crippen LogP contribution in [0.4, 0.5) is 0 Å². The number of rotatable bonds is 4. The lowest BCUT2D eigenvalue weighted by Crippen LogP contribution is -2.62. The number of Topliss-reactive ketones (excluding diaryl/α,β-unsaturated/α-hetero) is 1. The van der Waals surface area contributed by atoms with E-state index in [4.69, 9.17) is 4.74 Å². The Kier molecular flexibility index (Phi) is 4.88. The molecule has 3 nitrogen and oxygen atoms in total. The van der Waals surface area contributed by atoms with E-state index in [1.807, 2.05) is 0 Å². The third-order valence-electron chi connectivity index (χ3n) is 10.6. The highest BCUT2D eigenvalue weighted by molar-refractivity contribution is 5.88. The maximum absolute atomic E-state index is 12.4. The third kappa shape index (κ3) is 2.73. The molecular weight excluding hydrogens is 372 g/mol. The van der Waals surface area contributed by atoms with Crippen molar-refractivity contribution in [3.8, 4) is 0 Å². The quantitative estimate of drug-likeness (QED) is 0.474. The van der Waals surface area contributed by atoms with Crippen LogP contribution in [0.5, 0.6) is 0 Å². The lowest BCUT2D eigenvalue weighted by Gasteiger charge is -2.61. The molecule has 1 N–H and O–H groups in total. The number of aliphatic hydroxyl groups excluding tert-OH is 1. The summed E-state index contributed by atoms with van der Waals surface area (Å²) < 4.78 is 6.17. The molecule has 5 aliphatic rings. The van der Waals surface area contributed by atoms with Crippen molar-refractivity contribution in [2.75, 3.05) is 0 Å². The monoisotopic (exact) mass is 414 g/mol. The smallest absolute Gasteiger partial charge is 0.164 e. The molecule has 1 heterocycles.